The number of nitrogens with zero attached hydrogens (tertiary/aromatic N) is 2. The summed E-state index contributed by atoms with van der Waals surface area (Å²) in [6.07, 6.45) is 2.11. The first-order valence-corrected chi connectivity index (χ1v) is 9.00. The van der Waals surface area contributed by atoms with Crippen LogP contribution in [0.5, 0.6) is 0 Å². The van der Waals surface area contributed by atoms with Gasteiger partial charge >= 0.3 is 0 Å². The van der Waals surface area contributed by atoms with Crippen LogP contribution < -0.4 is 5.32 Å². The minimum Gasteiger partial charge on any atom is -0.368 e. The van der Waals surface area contributed by atoms with Gasteiger partial charge in [0.05, 0.1) is 0 Å². The van der Waals surface area contributed by atoms with E-state index in [0.29, 0.717) is 0 Å². The quantitative estimate of drug-likeness (QED) is 0.482. The zero-order valence-electron chi connectivity index (χ0n) is 14.6. The van der Waals surface area contributed by atoms with Crippen LogP contribution in [-0.2, 0) is 6.42 Å². The minimum absolute atomic E-state index is 0.855. The summed E-state index contributed by atoms with van der Waals surface area (Å²) in [4.78, 5) is 0. The van der Waals surface area contributed by atoms with E-state index in [-0.39, 0.29) is 0 Å². The summed E-state index contributed by atoms with van der Waals surface area (Å²) in [6, 6.07) is 29.1. The summed E-state index contributed by atoms with van der Waals surface area (Å²) >= 11 is 0. The molecule has 0 unspecified atom stereocenters. The number of rotatable bonds is 6. The highest BCUT2D eigenvalue weighted by atomic mass is 15.2. The summed E-state index contributed by atoms with van der Waals surface area (Å²) < 4.78 is 0. The van der Waals surface area contributed by atoms with Crippen molar-refractivity contribution in [2.45, 2.75) is 12.8 Å². The molecule has 0 spiro atoms. The maximum absolute atomic E-state index is 4.50. The van der Waals surface area contributed by atoms with Gasteiger partial charge in [-0.25, -0.2) is 0 Å². The standard InChI is InChI=1S/C23H21N3/c1-3-10-18(11-4-1)12-9-17-24-23-21-16-8-7-15-20(21)22(25-26-23)19-13-5-2-6-14-19/h1-8,10-11,13-16H,9,12,17H2,(H,24,26). The number of fused-ring (bicyclic) bond motifs is 1. The maximum atomic E-state index is 4.50. The van der Waals surface area contributed by atoms with Crippen LogP contribution in [0.25, 0.3) is 22.0 Å². The summed E-state index contributed by atoms with van der Waals surface area (Å²) in [7, 11) is 0. The smallest absolute Gasteiger partial charge is 0.156 e. The van der Waals surface area contributed by atoms with Gasteiger partial charge in [0.15, 0.2) is 5.82 Å². The van der Waals surface area contributed by atoms with Gasteiger partial charge in [-0.2, -0.15) is 0 Å². The number of anilines is 1. The van der Waals surface area contributed by atoms with Crippen molar-refractivity contribution in [3.8, 4) is 11.3 Å². The Balaban J connectivity index is 1.53. The fourth-order valence-electron chi connectivity index (χ4n) is 3.19. The van der Waals surface area contributed by atoms with Crippen LogP contribution in [-0.4, -0.2) is 16.7 Å². The molecule has 0 bridgehead atoms. The molecule has 0 aliphatic rings. The Morgan fingerprint density at radius 3 is 2.08 bits per heavy atom. The molecule has 3 nitrogen and oxygen atoms in total. The van der Waals surface area contributed by atoms with E-state index in [9.17, 15) is 0 Å². The number of hydrogen-bond donors (Lipinski definition) is 1. The Morgan fingerprint density at radius 2 is 1.31 bits per heavy atom. The van der Waals surface area contributed by atoms with Crippen molar-refractivity contribution in [1.29, 1.82) is 0 Å². The Kier molecular flexibility index (Phi) is 4.88. The molecule has 0 saturated carbocycles. The van der Waals surface area contributed by atoms with Crippen LogP contribution in [0.2, 0.25) is 0 Å². The van der Waals surface area contributed by atoms with E-state index in [1.807, 2.05) is 24.3 Å². The van der Waals surface area contributed by atoms with E-state index < -0.39 is 0 Å². The van der Waals surface area contributed by atoms with Gasteiger partial charge in [0.25, 0.3) is 0 Å². The van der Waals surface area contributed by atoms with Crippen molar-refractivity contribution < 1.29 is 0 Å². The highest BCUT2D eigenvalue weighted by Gasteiger charge is 2.10. The highest BCUT2D eigenvalue weighted by Crippen LogP contribution is 2.29. The van der Waals surface area contributed by atoms with Crippen LogP contribution in [0, 0.1) is 0 Å². The molecule has 4 rings (SSSR count). The monoisotopic (exact) mass is 339 g/mol. The average Bonchev–Trinajstić information content (AvgIpc) is 2.72. The van der Waals surface area contributed by atoms with Gasteiger partial charge in [0.2, 0.25) is 0 Å². The molecule has 0 radical (unpaired) electrons. The van der Waals surface area contributed by atoms with E-state index in [1.54, 1.807) is 0 Å². The predicted octanol–water partition coefficient (Wildman–Crippen LogP) is 5.34. The Bertz CT molecular complexity index is 982. The average molecular weight is 339 g/mol. The highest BCUT2D eigenvalue weighted by molar-refractivity contribution is 5.99. The second-order valence-corrected chi connectivity index (χ2v) is 6.32. The predicted molar refractivity (Wildman–Crippen MR) is 108 cm³/mol. The van der Waals surface area contributed by atoms with Crippen molar-refractivity contribution in [3.05, 3.63) is 90.5 Å². The lowest BCUT2D eigenvalue weighted by atomic mass is 10.0. The first-order chi connectivity index (χ1) is 12.9. The fraction of sp³-hybridized carbons (Fsp3) is 0.130. The third-order valence-corrected chi connectivity index (χ3v) is 4.51. The lowest BCUT2D eigenvalue weighted by Crippen LogP contribution is -2.06. The van der Waals surface area contributed by atoms with Gasteiger partial charge in [-0.1, -0.05) is 84.9 Å². The van der Waals surface area contributed by atoms with Gasteiger partial charge in [-0.3, -0.25) is 0 Å². The van der Waals surface area contributed by atoms with Crippen LogP contribution in [0.3, 0.4) is 0 Å². The number of benzene rings is 3. The molecule has 3 heteroatoms. The van der Waals surface area contributed by atoms with E-state index in [2.05, 4.69) is 76.2 Å². The Labute approximate surface area is 153 Å². The van der Waals surface area contributed by atoms with E-state index in [1.165, 1.54) is 5.56 Å². The molecule has 1 heterocycles. The largest absolute Gasteiger partial charge is 0.368 e. The zero-order chi connectivity index (χ0) is 17.6. The molecular weight excluding hydrogens is 318 g/mol. The van der Waals surface area contributed by atoms with Crippen molar-refractivity contribution >= 4 is 16.6 Å². The van der Waals surface area contributed by atoms with Crippen molar-refractivity contribution in [2.75, 3.05) is 11.9 Å². The SMILES string of the molecule is c1ccc(CCCNc2nnc(-c3ccccc3)c3ccccc23)cc1. The number of aryl methyl sites for hydroxylation is 1. The number of hydrogen-bond acceptors (Lipinski definition) is 3. The Hall–Kier alpha value is -3.20. The second-order valence-electron chi connectivity index (χ2n) is 6.32. The van der Waals surface area contributed by atoms with Crippen molar-refractivity contribution in [3.63, 3.8) is 0 Å². The number of nitrogens with one attached hydrogen (secondary N) is 1. The van der Waals surface area contributed by atoms with Crippen LogP contribution >= 0.6 is 0 Å². The molecule has 128 valence electrons. The van der Waals surface area contributed by atoms with E-state index >= 15 is 0 Å². The molecule has 0 amide bonds. The molecule has 1 N–H and O–H groups in total. The molecule has 3 aromatic carbocycles. The molecule has 0 aliphatic heterocycles. The summed E-state index contributed by atoms with van der Waals surface area (Å²) in [5.74, 6) is 0.855. The lowest BCUT2D eigenvalue weighted by Gasteiger charge is -2.11. The van der Waals surface area contributed by atoms with Crippen LogP contribution in [0.15, 0.2) is 84.9 Å². The van der Waals surface area contributed by atoms with E-state index in [4.69, 9.17) is 0 Å². The summed E-state index contributed by atoms with van der Waals surface area (Å²) in [5, 5.41) is 14.7. The molecule has 0 atom stereocenters. The number of aromatic nitrogens is 2. The Morgan fingerprint density at radius 1 is 0.654 bits per heavy atom. The van der Waals surface area contributed by atoms with Gasteiger partial charge in [-0.15, -0.1) is 10.2 Å². The zero-order valence-corrected chi connectivity index (χ0v) is 14.6. The van der Waals surface area contributed by atoms with Crippen LogP contribution in [0.4, 0.5) is 5.82 Å². The third kappa shape index (κ3) is 3.57. The first kappa shape index (κ1) is 16.3. The molecule has 4 aromatic rings. The van der Waals surface area contributed by atoms with Gasteiger partial charge in [-0.05, 0) is 18.4 Å². The third-order valence-electron chi connectivity index (χ3n) is 4.51. The minimum atomic E-state index is 0.855. The maximum Gasteiger partial charge on any atom is 0.156 e. The molecule has 1 aromatic heterocycles. The van der Waals surface area contributed by atoms with Crippen LogP contribution in [0.1, 0.15) is 12.0 Å². The molecule has 0 aliphatic carbocycles. The summed E-state index contributed by atoms with van der Waals surface area (Å²) in [6.45, 7) is 0.873. The van der Waals surface area contributed by atoms with Crippen molar-refractivity contribution in [2.24, 2.45) is 0 Å². The second kappa shape index (κ2) is 7.79. The first-order valence-electron chi connectivity index (χ1n) is 9.00. The summed E-state index contributed by atoms with van der Waals surface area (Å²) in [5.41, 5.74) is 3.38. The van der Waals surface area contributed by atoms with Gasteiger partial charge in [0.1, 0.15) is 5.69 Å². The van der Waals surface area contributed by atoms with Gasteiger partial charge in [0, 0.05) is 22.9 Å². The molecule has 0 fully saturated rings. The van der Waals surface area contributed by atoms with E-state index in [0.717, 1.165) is 47.2 Å². The lowest BCUT2D eigenvalue weighted by molar-refractivity contribution is 0.855. The molecular formula is C23H21N3. The fourth-order valence-corrected chi connectivity index (χ4v) is 3.19. The topological polar surface area (TPSA) is 37.8 Å². The molecule has 26 heavy (non-hydrogen) atoms. The van der Waals surface area contributed by atoms with Crippen molar-refractivity contribution in [1.82, 2.24) is 10.2 Å². The normalized spacial score (nSPS) is 10.8. The van der Waals surface area contributed by atoms with Gasteiger partial charge < -0.3 is 5.32 Å². The molecule has 0 saturated heterocycles.